The van der Waals surface area contributed by atoms with Crippen LogP contribution >= 0.6 is 0 Å². The number of anilines is 1. The van der Waals surface area contributed by atoms with Gasteiger partial charge in [0, 0.05) is 29.3 Å². The van der Waals surface area contributed by atoms with Gasteiger partial charge >= 0.3 is 0 Å². The largest absolute Gasteiger partial charge is 0.469 e. The van der Waals surface area contributed by atoms with Gasteiger partial charge in [-0.1, -0.05) is 42.5 Å². The lowest BCUT2D eigenvalue weighted by Gasteiger charge is -2.47. The Morgan fingerprint density at radius 1 is 1.03 bits per heavy atom. The number of carbonyl (C=O) groups is 2. The fourth-order valence-corrected chi connectivity index (χ4v) is 6.37. The number of amides is 1. The van der Waals surface area contributed by atoms with Crippen molar-refractivity contribution in [3.05, 3.63) is 89.4 Å². The van der Waals surface area contributed by atoms with Crippen LogP contribution in [0.2, 0.25) is 0 Å². The molecule has 1 aromatic heterocycles. The van der Waals surface area contributed by atoms with Gasteiger partial charge in [0.25, 0.3) is 5.91 Å². The first kappa shape index (κ1) is 17.7. The molecule has 3 atom stereocenters. The Bertz CT molecular complexity index is 1180. The number of hydrogen-bond donors (Lipinski definition) is 1. The predicted molar refractivity (Wildman–Crippen MR) is 112 cm³/mol. The standard InChI is InChI=1S/C25H22N2O3/c1-27-15-19(21-11-6-14-30-21)24(13-12-16-7-2-3-8-17(16)22(24)28)25(27)18-9-4-5-10-20(18)26-23(25)29/h2-11,14,19H,12-13,15H2,1H3,(H,26,29)/t19-,24+,25+/m0/s1. The van der Waals surface area contributed by atoms with E-state index >= 15 is 0 Å². The van der Waals surface area contributed by atoms with Crippen molar-refractivity contribution in [2.75, 3.05) is 18.9 Å². The Morgan fingerprint density at radius 2 is 1.83 bits per heavy atom. The van der Waals surface area contributed by atoms with E-state index in [2.05, 4.69) is 10.2 Å². The van der Waals surface area contributed by atoms with Crippen LogP contribution in [0.25, 0.3) is 0 Å². The summed E-state index contributed by atoms with van der Waals surface area (Å²) in [7, 11) is 1.96. The zero-order valence-corrected chi connectivity index (χ0v) is 16.7. The molecule has 2 spiro atoms. The molecule has 6 rings (SSSR count). The summed E-state index contributed by atoms with van der Waals surface area (Å²) in [6.45, 7) is 0.573. The number of hydrogen-bond acceptors (Lipinski definition) is 4. The van der Waals surface area contributed by atoms with Crippen molar-refractivity contribution >= 4 is 17.4 Å². The van der Waals surface area contributed by atoms with Crippen molar-refractivity contribution in [2.24, 2.45) is 5.41 Å². The number of para-hydroxylation sites is 1. The summed E-state index contributed by atoms with van der Waals surface area (Å²) in [4.78, 5) is 30.2. The number of aryl methyl sites for hydroxylation is 1. The molecule has 2 aliphatic heterocycles. The third-order valence-corrected chi connectivity index (χ3v) is 7.51. The van der Waals surface area contributed by atoms with Crippen molar-refractivity contribution in [3.8, 4) is 0 Å². The SMILES string of the molecule is CN1C[C@@H](c2ccco2)[C@@]2(CCc3ccccc3C2=O)[C@@]12C(=O)Nc1ccccc12. The Morgan fingerprint density at radius 3 is 2.67 bits per heavy atom. The molecule has 150 valence electrons. The third-order valence-electron chi connectivity index (χ3n) is 7.51. The highest BCUT2D eigenvalue weighted by Crippen LogP contribution is 2.65. The minimum atomic E-state index is -1.06. The highest BCUT2D eigenvalue weighted by atomic mass is 16.3. The Kier molecular flexibility index (Phi) is 3.49. The summed E-state index contributed by atoms with van der Waals surface area (Å²) in [5.74, 6) is 0.480. The maximum absolute atomic E-state index is 14.4. The normalized spacial score (nSPS) is 30.0. The maximum atomic E-state index is 14.4. The van der Waals surface area contributed by atoms with Gasteiger partial charge in [0.15, 0.2) is 5.78 Å². The first-order valence-electron chi connectivity index (χ1n) is 10.4. The van der Waals surface area contributed by atoms with Crippen LogP contribution in [-0.4, -0.2) is 30.2 Å². The van der Waals surface area contributed by atoms with Crippen molar-refractivity contribution in [1.82, 2.24) is 4.90 Å². The molecule has 1 amide bonds. The molecule has 5 nitrogen and oxygen atoms in total. The minimum absolute atomic E-state index is 0.0435. The fourth-order valence-electron chi connectivity index (χ4n) is 6.37. The van der Waals surface area contributed by atoms with Gasteiger partial charge in [0.1, 0.15) is 11.3 Å². The minimum Gasteiger partial charge on any atom is -0.469 e. The summed E-state index contributed by atoms with van der Waals surface area (Å²) in [6, 6.07) is 19.4. The predicted octanol–water partition coefficient (Wildman–Crippen LogP) is 3.97. The van der Waals surface area contributed by atoms with E-state index in [0.29, 0.717) is 13.0 Å². The molecule has 1 fully saturated rings. The molecule has 0 radical (unpaired) electrons. The van der Waals surface area contributed by atoms with E-state index in [9.17, 15) is 9.59 Å². The number of likely N-dealkylation sites (tertiary alicyclic amines) is 1. The summed E-state index contributed by atoms with van der Waals surface area (Å²) in [6.07, 6.45) is 3.00. The first-order chi connectivity index (χ1) is 14.6. The van der Waals surface area contributed by atoms with Crippen molar-refractivity contribution < 1.29 is 14.0 Å². The Hall–Kier alpha value is -3.18. The van der Waals surface area contributed by atoms with Crippen LogP contribution in [0.3, 0.4) is 0 Å². The molecule has 1 N–H and O–H groups in total. The first-order valence-corrected chi connectivity index (χ1v) is 10.4. The number of carbonyl (C=O) groups excluding carboxylic acids is 2. The molecule has 3 aromatic rings. The molecule has 1 saturated heterocycles. The van der Waals surface area contributed by atoms with E-state index in [1.807, 2.05) is 67.7 Å². The number of nitrogens with zero attached hydrogens (tertiary/aromatic N) is 1. The smallest absolute Gasteiger partial charge is 0.250 e. The summed E-state index contributed by atoms with van der Waals surface area (Å²) < 4.78 is 5.84. The number of ketones is 1. The Labute approximate surface area is 174 Å². The van der Waals surface area contributed by atoms with Crippen LogP contribution in [-0.2, 0) is 16.8 Å². The van der Waals surface area contributed by atoms with Crippen LogP contribution < -0.4 is 5.32 Å². The zero-order chi connectivity index (χ0) is 20.5. The second-order valence-corrected chi connectivity index (χ2v) is 8.62. The molecular formula is C25H22N2O3. The average molecular weight is 398 g/mol. The van der Waals surface area contributed by atoms with Gasteiger partial charge in [0.2, 0.25) is 0 Å². The maximum Gasteiger partial charge on any atom is 0.250 e. The van der Waals surface area contributed by atoms with Crippen LogP contribution in [0.4, 0.5) is 5.69 Å². The third kappa shape index (κ3) is 1.87. The van der Waals surface area contributed by atoms with Gasteiger partial charge < -0.3 is 9.73 Å². The van der Waals surface area contributed by atoms with Crippen LogP contribution in [0, 0.1) is 5.41 Å². The van der Waals surface area contributed by atoms with E-state index in [0.717, 1.165) is 34.6 Å². The van der Waals surface area contributed by atoms with Gasteiger partial charge in [-0.05, 0) is 43.7 Å². The number of nitrogens with one attached hydrogen (secondary N) is 1. The average Bonchev–Trinajstić information content (AvgIpc) is 3.45. The molecule has 0 saturated carbocycles. The zero-order valence-electron chi connectivity index (χ0n) is 16.7. The van der Waals surface area contributed by atoms with E-state index in [1.165, 1.54) is 0 Å². The molecule has 3 heterocycles. The number of fused-ring (bicyclic) bond motifs is 4. The molecular weight excluding hydrogens is 376 g/mol. The number of Topliss-reactive ketones (excluding diaryl/α,β-unsaturated/α-hetero) is 1. The molecule has 2 aromatic carbocycles. The fraction of sp³-hybridized carbons (Fsp3) is 0.280. The van der Waals surface area contributed by atoms with E-state index < -0.39 is 11.0 Å². The topological polar surface area (TPSA) is 62.6 Å². The molecule has 5 heteroatoms. The van der Waals surface area contributed by atoms with E-state index in [-0.39, 0.29) is 17.6 Å². The highest BCUT2D eigenvalue weighted by Gasteiger charge is 2.74. The molecule has 0 unspecified atom stereocenters. The number of rotatable bonds is 1. The van der Waals surface area contributed by atoms with Crippen LogP contribution in [0.5, 0.6) is 0 Å². The second-order valence-electron chi connectivity index (χ2n) is 8.62. The molecule has 30 heavy (non-hydrogen) atoms. The molecule has 3 aliphatic rings. The second kappa shape index (κ2) is 5.92. The Balaban J connectivity index is 1.68. The van der Waals surface area contributed by atoms with Crippen LogP contribution in [0.15, 0.2) is 71.3 Å². The molecule has 0 bridgehead atoms. The van der Waals surface area contributed by atoms with E-state index in [1.54, 1.807) is 6.26 Å². The van der Waals surface area contributed by atoms with Crippen molar-refractivity contribution in [1.29, 1.82) is 0 Å². The van der Waals surface area contributed by atoms with Crippen molar-refractivity contribution in [2.45, 2.75) is 24.3 Å². The van der Waals surface area contributed by atoms with Gasteiger partial charge in [0.05, 0.1) is 11.7 Å². The number of likely N-dealkylation sites (N-methyl/N-ethyl adjacent to an activating group) is 1. The summed E-state index contributed by atoms with van der Waals surface area (Å²) >= 11 is 0. The quantitative estimate of drug-likeness (QED) is 0.674. The lowest BCUT2D eigenvalue weighted by Crippen LogP contribution is -2.60. The van der Waals surface area contributed by atoms with Gasteiger partial charge in [-0.2, -0.15) is 0 Å². The van der Waals surface area contributed by atoms with Gasteiger partial charge in [-0.15, -0.1) is 0 Å². The lowest BCUT2D eigenvalue weighted by atomic mass is 9.54. The summed E-state index contributed by atoms with van der Waals surface area (Å²) in [5.41, 5.74) is 1.46. The molecule has 1 aliphatic carbocycles. The highest BCUT2D eigenvalue weighted by molar-refractivity contribution is 6.15. The monoisotopic (exact) mass is 398 g/mol. The van der Waals surface area contributed by atoms with Gasteiger partial charge in [-0.25, -0.2) is 0 Å². The van der Waals surface area contributed by atoms with Gasteiger partial charge in [-0.3, -0.25) is 14.5 Å². The lowest BCUT2D eigenvalue weighted by molar-refractivity contribution is -0.130. The van der Waals surface area contributed by atoms with Crippen molar-refractivity contribution in [3.63, 3.8) is 0 Å². The number of benzene rings is 2. The van der Waals surface area contributed by atoms with Crippen LogP contribution in [0.1, 0.15) is 39.6 Å². The number of furan rings is 1. The summed E-state index contributed by atoms with van der Waals surface area (Å²) in [5, 5.41) is 3.08. The van der Waals surface area contributed by atoms with E-state index in [4.69, 9.17) is 4.42 Å².